The molecule has 0 saturated heterocycles. The summed E-state index contributed by atoms with van der Waals surface area (Å²) in [5.74, 6) is 0. The number of hydrogen-bond donors (Lipinski definition) is 0. The van der Waals surface area contributed by atoms with E-state index in [2.05, 4.69) is 208 Å². The van der Waals surface area contributed by atoms with Crippen molar-refractivity contribution < 1.29 is 0 Å². The summed E-state index contributed by atoms with van der Waals surface area (Å²) in [6.45, 7) is 0.0185. The number of para-hydroxylation sites is 3. The Morgan fingerprint density at radius 2 is 0.950 bits per heavy atom. The maximum Gasteiger partial charge on any atom is 0.252 e. The smallest absolute Gasteiger partial charge is 0.252 e. The average molecular weight is 758 g/mol. The normalized spacial score (nSPS) is 13.0. The van der Waals surface area contributed by atoms with Gasteiger partial charge in [-0.1, -0.05) is 146 Å². The first-order valence-electron chi connectivity index (χ1n) is 21.0. The summed E-state index contributed by atoms with van der Waals surface area (Å²) in [6.07, 6.45) is 0. The molecule has 0 unspecified atom stereocenters. The Bertz CT molecular complexity index is 3860. The van der Waals surface area contributed by atoms with Gasteiger partial charge in [0, 0.05) is 44.3 Å². The molecule has 0 saturated carbocycles. The molecule has 12 aromatic rings. The van der Waals surface area contributed by atoms with E-state index in [0.29, 0.717) is 0 Å². The zero-order valence-electron chi connectivity index (χ0n) is 32.4. The largest absolute Gasteiger partial charge is 0.310 e. The molecule has 0 spiro atoms. The summed E-state index contributed by atoms with van der Waals surface area (Å²) in [5.41, 5.74) is 20.3. The van der Waals surface area contributed by atoms with E-state index in [-0.39, 0.29) is 6.71 Å². The number of nitrogens with zero attached hydrogens (tertiary/aromatic N) is 3. The van der Waals surface area contributed by atoms with Crippen molar-refractivity contribution in [1.82, 2.24) is 9.13 Å². The molecule has 4 heteroatoms. The van der Waals surface area contributed by atoms with Crippen LogP contribution in [0.4, 0.5) is 17.1 Å². The quantitative estimate of drug-likeness (QED) is 0.164. The predicted molar refractivity (Wildman–Crippen MR) is 254 cm³/mol. The van der Waals surface area contributed by atoms with Crippen LogP contribution in [-0.4, -0.2) is 15.8 Å². The van der Waals surface area contributed by atoms with Crippen molar-refractivity contribution in [2.75, 3.05) is 4.90 Å². The second-order valence-corrected chi connectivity index (χ2v) is 16.8. The molecule has 0 amide bonds. The lowest BCUT2D eigenvalue weighted by Gasteiger charge is -2.36. The summed E-state index contributed by atoms with van der Waals surface area (Å²) < 4.78 is 5.25. The Kier molecular flexibility index (Phi) is 5.73. The summed E-state index contributed by atoms with van der Waals surface area (Å²) in [4.78, 5) is 2.44. The minimum Gasteiger partial charge on any atom is -0.310 e. The van der Waals surface area contributed by atoms with Crippen LogP contribution >= 0.6 is 0 Å². The molecule has 1 aliphatic carbocycles. The van der Waals surface area contributed by atoms with Gasteiger partial charge in [-0.05, 0) is 109 Å². The third kappa shape index (κ3) is 3.70. The summed E-state index contributed by atoms with van der Waals surface area (Å²) in [5, 5.41) is 10.5. The molecule has 0 N–H and O–H groups in total. The van der Waals surface area contributed by atoms with Gasteiger partial charge < -0.3 is 14.0 Å². The second kappa shape index (κ2) is 11.0. The van der Waals surface area contributed by atoms with Gasteiger partial charge in [-0.3, -0.25) is 0 Å². The molecular formula is C56H32BN3. The lowest BCUT2D eigenvalue weighted by molar-refractivity contribution is 1.13. The van der Waals surface area contributed by atoms with Crippen LogP contribution in [0.5, 0.6) is 0 Å². The minimum absolute atomic E-state index is 0.0185. The molecule has 2 aliphatic heterocycles. The number of fused-ring (bicyclic) bond motifs is 13. The van der Waals surface area contributed by atoms with Crippen LogP contribution in [0.15, 0.2) is 194 Å². The Hall–Kier alpha value is -7.82. The zero-order valence-corrected chi connectivity index (χ0v) is 32.4. The number of aromatic nitrogens is 2. The van der Waals surface area contributed by atoms with Crippen molar-refractivity contribution in [2.24, 2.45) is 0 Å². The molecule has 0 bridgehead atoms. The van der Waals surface area contributed by atoms with Gasteiger partial charge in [0.15, 0.2) is 0 Å². The third-order valence-electron chi connectivity index (χ3n) is 13.9. The van der Waals surface area contributed by atoms with Crippen LogP contribution in [0.25, 0.3) is 98.8 Å². The average Bonchev–Trinajstić information content (AvgIpc) is 3.81. The van der Waals surface area contributed by atoms with Gasteiger partial charge in [0.2, 0.25) is 0 Å². The van der Waals surface area contributed by atoms with Gasteiger partial charge in [0.25, 0.3) is 6.71 Å². The van der Waals surface area contributed by atoms with E-state index in [0.717, 1.165) is 17.1 Å². The minimum atomic E-state index is 0.0185. The molecule has 15 rings (SSSR count). The van der Waals surface area contributed by atoms with E-state index in [9.17, 15) is 0 Å². The molecule has 2 aromatic heterocycles. The number of anilines is 3. The van der Waals surface area contributed by atoms with E-state index in [4.69, 9.17) is 0 Å². The fourth-order valence-electron chi connectivity index (χ4n) is 11.7. The van der Waals surface area contributed by atoms with Gasteiger partial charge in [0.1, 0.15) is 0 Å². The lowest BCUT2D eigenvalue weighted by Crippen LogP contribution is -2.59. The number of hydrogen-bond acceptors (Lipinski definition) is 1. The molecule has 274 valence electrons. The van der Waals surface area contributed by atoms with Crippen LogP contribution in [0, 0.1) is 0 Å². The zero-order chi connectivity index (χ0) is 38.8. The molecule has 60 heavy (non-hydrogen) atoms. The maximum atomic E-state index is 2.65. The molecule has 3 aliphatic rings. The SMILES string of the molecule is c1ccc(N(c2ccccc2)c2cc3c4c(c2)-n2c5ccccc5c5c6ccccc6cc(c52)B4c2ccc4c5c6c7c(cccc7ccc6n-3c25)-c2ccccc2-4)cc1. The van der Waals surface area contributed by atoms with Gasteiger partial charge in [-0.2, -0.15) is 0 Å². The molecule has 0 atom stereocenters. The van der Waals surface area contributed by atoms with E-state index < -0.39 is 0 Å². The first-order chi connectivity index (χ1) is 29.8. The Balaban J connectivity index is 1.19. The van der Waals surface area contributed by atoms with E-state index in [1.54, 1.807) is 0 Å². The molecule has 4 heterocycles. The van der Waals surface area contributed by atoms with Crippen LogP contribution < -0.4 is 21.3 Å². The number of rotatable bonds is 3. The van der Waals surface area contributed by atoms with Crippen LogP contribution in [0.2, 0.25) is 0 Å². The number of benzene rings is 10. The van der Waals surface area contributed by atoms with Gasteiger partial charge in [-0.25, -0.2) is 0 Å². The van der Waals surface area contributed by atoms with Crippen LogP contribution in [0.1, 0.15) is 0 Å². The topological polar surface area (TPSA) is 13.1 Å². The highest BCUT2D eigenvalue weighted by Crippen LogP contribution is 2.51. The molecular weight excluding hydrogens is 725 g/mol. The summed E-state index contributed by atoms with van der Waals surface area (Å²) >= 11 is 0. The Morgan fingerprint density at radius 3 is 1.72 bits per heavy atom. The highest BCUT2D eigenvalue weighted by atomic mass is 15.2. The van der Waals surface area contributed by atoms with E-state index >= 15 is 0 Å². The first-order valence-corrected chi connectivity index (χ1v) is 21.0. The van der Waals surface area contributed by atoms with Crippen molar-refractivity contribution in [3.63, 3.8) is 0 Å². The molecule has 10 aromatic carbocycles. The van der Waals surface area contributed by atoms with Crippen molar-refractivity contribution in [3.05, 3.63) is 194 Å². The summed E-state index contributed by atoms with van der Waals surface area (Å²) in [7, 11) is 0. The van der Waals surface area contributed by atoms with Crippen molar-refractivity contribution >= 4 is 105 Å². The monoisotopic (exact) mass is 757 g/mol. The Morgan fingerprint density at radius 1 is 0.350 bits per heavy atom. The van der Waals surface area contributed by atoms with Gasteiger partial charge >= 0.3 is 0 Å². The fourth-order valence-corrected chi connectivity index (χ4v) is 11.7. The van der Waals surface area contributed by atoms with Crippen molar-refractivity contribution in [2.45, 2.75) is 0 Å². The third-order valence-corrected chi connectivity index (χ3v) is 13.9. The van der Waals surface area contributed by atoms with Crippen LogP contribution in [-0.2, 0) is 0 Å². The highest BCUT2D eigenvalue weighted by Gasteiger charge is 2.43. The Labute approximate surface area is 345 Å². The van der Waals surface area contributed by atoms with Crippen LogP contribution in [0.3, 0.4) is 0 Å². The first kappa shape index (κ1) is 31.2. The maximum absolute atomic E-state index is 2.65. The predicted octanol–water partition coefficient (Wildman–Crippen LogP) is 12.4. The lowest BCUT2D eigenvalue weighted by atomic mass is 9.34. The highest BCUT2D eigenvalue weighted by molar-refractivity contribution is 7.00. The second-order valence-electron chi connectivity index (χ2n) is 16.8. The summed E-state index contributed by atoms with van der Waals surface area (Å²) in [6, 6.07) is 72.8. The standard InChI is InChI=1S/C56H32BN3/c1-3-16-35(17-4-1)58(36-18-5-2-6-19-36)37-31-48-54-49(32-37)60-47-29-26-33-15-13-24-41-39-21-9-10-22-40(39)42-27-28-44(55(60)52(42)53(47)50(33)41)57(54)45-30-34-14-7-8-20-38(34)51-43-23-11-12-25-46(43)59(48)56(45)51/h1-32H. The van der Waals surface area contributed by atoms with Gasteiger partial charge in [-0.15, -0.1) is 0 Å². The molecule has 0 radical (unpaired) electrons. The van der Waals surface area contributed by atoms with Crippen molar-refractivity contribution in [1.29, 1.82) is 0 Å². The fraction of sp³-hybridized carbons (Fsp3) is 0. The molecule has 0 fully saturated rings. The molecule has 3 nitrogen and oxygen atoms in total. The van der Waals surface area contributed by atoms with Crippen molar-refractivity contribution in [3.8, 4) is 33.6 Å². The van der Waals surface area contributed by atoms with Gasteiger partial charge in [0.05, 0.1) is 27.8 Å². The van der Waals surface area contributed by atoms with E-state index in [1.165, 1.54) is 115 Å². The van der Waals surface area contributed by atoms with E-state index in [1.807, 2.05) is 0 Å².